The number of carbonyl (C=O) groups is 2. The van der Waals surface area contributed by atoms with Crippen molar-refractivity contribution in [3.05, 3.63) is 0 Å². The molecule has 3 N–H and O–H groups in total. The van der Waals surface area contributed by atoms with Crippen LogP contribution in [0.3, 0.4) is 0 Å². The molecule has 3 amide bonds. The average molecular weight is 271 g/mol. The molecule has 0 spiro atoms. The van der Waals surface area contributed by atoms with Crippen molar-refractivity contribution in [1.82, 2.24) is 15.5 Å². The van der Waals surface area contributed by atoms with Crippen LogP contribution in [0.15, 0.2) is 0 Å². The van der Waals surface area contributed by atoms with Crippen LogP contribution in [0.1, 0.15) is 39.5 Å². The van der Waals surface area contributed by atoms with Gasteiger partial charge in [-0.3, -0.25) is 15.0 Å². The van der Waals surface area contributed by atoms with Gasteiger partial charge in [-0.1, -0.05) is 12.8 Å². The summed E-state index contributed by atoms with van der Waals surface area (Å²) in [6, 6.07) is -0.931. The minimum absolute atomic E-state index is 0.352. The van der Waals surface area contributed by atoms with Crippen LogP contribution < -0.4 is 10.6 Å². The standard InChI is InChI=1S/C13H25N3O3/c1-4-14-12(18)15-11(17)10(2)16(3)9-13(19)7-5-6-8-13/h10,19H,4-9H2,1-3H3,(H2,14,15,17,18). The number of imide groups is 1. The van der Waals surface area contributed by atoms with Gasteiger partial charge < -0.3 is 10.4 Å². The quantitative estimate of drug-likeness (QED) is 0.678. The van der Waals surface area contributed by atoms with Gasteiger partial charge in [0.25, 0.3) is 0 Å². The Labute approximate surface area is 114 Å². The Hall–Kier alpha value is -1.14. The zero-order valence-electron chi connectivity index (χ0n) is 12.0. The summed E-state index contributed by atoms with van der Waals surface area (Å²) in [7, 11) is 1.79. The fourth-order valence-electron chi connectivity index (χ4n) is 2.41. The Balaban J connectivity index is 2.44. The first-order valence-electron chi connectivity index (χ1n) is 6.89. The fraction of sp³-hybridized carbons (Fsp3) is 0.846. The van der Waals surface area contributed by atoms with Crippen LogP contribution in [0.2, 0.25) is 0 Å². The van der Waals surface area contributed by atoms with Gasteiger partial charge in [0.1, 0.15) is 0 Å². The Morgan fingerprint density at radius 1 is 1.37 bits per heavy atom. The zero-order valence-corrected chi connectivity index (χ0v) is 12.0. The van der Waals surface area contributed by atoms with Crippen molar-refractivity contribution in [2.24, 2.45) is 0 Å². The number of hydrogen-bond acceptors (Lipinski definition) is 4. The molecule has 1 rings (SSSR count). The maximum atomic E-state index is 11.9. The van der Waals surface area contributed by atoms with E-state index in [9.17, 15) is 14.7 Å². The van der Waals surface area contributed by atoms with Crippen LogP contribution in [0.4, 0.5) is 4.79 Å². The van der Waals surface area contributed by atoms with Gasteiger partial charge in [-0.2, -0.15) is 0 Å². The number of rotatable bonds is 5. The molecule has 0 aliphatic heterocycles. The molecular weight excluding hydrogens is 246 g/mol. The summed E-state index contributed by atoms with van der Waals surface area (Å²) in [4.78, 5) is 24.9. The van der Waals surface area contributed by atoms with Crippen LogP contribution in [-0.4, -0.2) is 53.7 Å². The first kappa shape index (κ1) is 15.9. The van der Waals surface area contributed by atoms with Crippen molar-refractivity contribution in [3.63, 3.8) is 0 Å². The molecule has 6 nitrogen and oxygen atoms in total. The molecule has 1 aliphatic carbocycles. The highest BCUT2D eigenvalue weighted by Gasteiger charge is 2.34. The normalized spacial score (nSPS) is 19.2. The third kappa shape index (κ3) is 4.80. The van der Waals surface area contributed by atoms with Crippen LogP contribution in [0.25, 0.3) is 0 Å². The highest BCUT2D eigenvalue weighted by atomic mass is 16.3. The summed E-state index contributed by atoms with van der Waals surface area (Å²) >= 11 is 0. The van der Waals surface area contributed by atoms with Crippen molar-refractivity contribution in [3.8, 4) is 0 Å². The summed E-state index contributed by atoms with van der Waals surface area (Å²) in [6.07, 6.45) is 3.62. The third-order valence-corrected chi connectivity index (χ3v) is 3.69. The number of nitrogens with one attached hydrogen (secondary N) is 2. The van der Waals surface area contributed by atoms with Gasteiger partial charge in [-0.15, -0.1) is 0 Å². The highest BCUT2D eigenvalue weighted by Crippen LogP contribution is 2.30. The van der Waals surface area contributed by atoms with Crippen LogP contribution >= 0.6 is 0 Å². The van der Waals surface area contributed by atoms with E-state index in [0.717, 1.165) is 25.7 Å². The molecule has 0 radical (unpaired) electrons. The van der Waals surface area contributed by atoms with E-state index in [1.807, 2.05) is 0 Å². The summed E-state index contributed by atoms with van der Waals surface area (Å²) < 4.78 is 0. The number of aliphatic hydroxyl groups is 1. The number of likely N-dealkylation sites (N-methyl/N-ethyl adjacent to an activating group) is 1. The van der Waals surface area contributed by atoms with Gasteiger partial charge in [0.2, 0.25) is 5.91 Å². The van der Waals surface area contributed by atoms with Gasteiger partial charge in [0.05, 0.1) is 11.6 Å². The van der Waals surface area contributed by atoms with Crippen LogP contribution in [-0.2, 0) is 4.79 Å². The molecule has 1 saturated carbocycles. The lowest BCUT2D eigenvalue weighted by molar-refractivity contribution is -0.125. The van der Waals surface area contributed by atoms with E-state index in [4.69, 9.17) is 0 Å². The van der Waals surface area contributed by atoms with Gasteiger partial charge >= 0.3 is 6.03 Å². The lowest BCUT2D eigenvalue weighted by Crippen LogP contribution is -2.51. The second-order valence-electron chi connectivity index (χ2n) is 5.37. The first-order chi connectivity index (χ1) is 8.88. The summed E-state index contributed by atoms with van der Waals surface area (Å²) in [5.41, 5.74) is -0.686. The second kappa shape index (κ2) is 6.86. The number of urea groups is 1. The molecule has 1 aliphatic rings. The topological polar surface area (TPSA) is 81.7 Å². The van der Waals surface area contributed by atoms with Gasteiger partial charge in [0, 0.05) is 13.1 Å². The molecule has 110 valence electrons. The van der Waals surface area contributed by atoms with Crippen LogP contribution in [0.5, 0.6) is 0 Å². The van der Waals surface area contributed by atoms with Crippen molar-refractivity contribution in [1.29, 1.82) is 0 Å². The molecule has 0 aromatic rings. The highest BCUT2D eigenvalue weighted by molar-refractivity contribution is 5.96. The minimum Gasteiger partial charge on any atom is -0.389 e. The summed E-state index contributed by atoms with van der Waals surface area (Å²) in [5, 5.41) is 15.1. The fourth-order valence-corrected chi connectivity index (χ4v) is 2.41. The van der Waals surface area contributed by atoms with E-state index in [2.05, 4.69) is 10.6 Å². The SMILES string of the molecule is CCNC(=O)NC(=O)C(C)N(C)CC1(O)CCCC1. The maximum absolute atomic E-state index is 11.9. The zero-order chi connectivity index (χ0) is 14.5. The summed E-state index contributed by atoms with van der Waals surface area (Å²) in [6.45, 7) is 4.45. The van der Waals surface area contributed by atoms with E-state index >= 15 is 0 Å². The van der Waals surface area contributed by atoms with Gasteiger partial charge in [-0.25, -0.2) is 4.79 Å². The van der Waals surface area contributed by atoms with Crippen LogP contribution in [0, 0.1) is 0 Å². The largest absolute Gasteiger partial charge is 0.389 e. The molecule has 1 unspecified atom stereocenters. The molecule has 0 bridgehead atoms. The number of carbonyl (C=O) groups excluding carboxylic acids is 2. The Morgan fingerprint density at radius 3 is 2.47 bits per heavy atom. The Kier molecular flexibility index (Phi) is 5.75. The summed E-state index contributed by atoms with van der Waals surface area (Å²) in [5.74, 6) is -0.352. The van der Waals surface area contributed by atoms with Crippen molar-refractivity contribution >= 4 is 11.9 Å². The molecule has 0 aromatic carbocycles. The monoisotopic (exact) mass is 271 g/mol. The molecule has 6 heteroatoms. The average Bonchev–Trinajstić information content (AvgIpc) is 2.74. The van der Waals surface area contributed by atoms with Gasteiger partial charge in [0.15, 0.2) is 0 Å². The van der Waals surface area contributed by atoms with Crippen molar-refractivity contribution < 1.29 is 14.7 Å². The first-order valence-corrected chi connectivity index (χ1v) is 6.89. The number of hydrogen-bond donors (Lipinski definition) is 3. The van der Waals surface area contributed by atoms with Crippen molar-refractivity contribution in [2.75, 3.05) is 20.1 Å². The smallest absolute Gasteiger partial charge is 0.321 e. The van der Waals surface area contributed by atoms with Gasteiger partial charge in [-0.05, 0) is 33.7 Å². The van der Waals surface area contributed by atoms with E-state index in [1.54, 1.807) is 25.8 Å². The number of amides is 3. The molecule has 0 saturated heterocycles. The van der Waals surface area contributed by atoms with E-state index < -0.39 is 17.7 Å². The predicted molar refractivity (Wildman–Crippen MR) is 72.7 cm³/mol. The van der Waals surface area contributed by atoms with E-state index in [-0.39, 0.29) is 5.91 Å². The molecule has 0 heterocycles. The predicted octanol–water partition coefficient (Wildman–Crippen LogP) is 0.458. The molecule has 0 aromatic heterocycles. The van der Waals surface area contributed by atoms with Crippen molar-refractivity contribution in [2.45, 2.75) is 51.2 Å². The lowest BCUT2D eigenvalue weighted by atomic mass is 10.0. The molecule has 1 atom stereocenters. The number of nitrogens with zero attached hydrogens (tertiary/aromatic N) is 1. The molecule has 1 fully saturated rings. The molecule has 19 heavy (non-hydrogen) atoms. The lowest BCUT2D eigenvalue weighted by Gasteiger charge is -2.31. The molecular formula is C13H25N3O3. The van der Waals surface area contributed by atoms with E-state index in [0.29, 0.717) is 13.1 Å². The Bertz CT molecular complexity index is 327. The maximum Gasteiger partial charge on any atom is 0.321 e. The second-order valence-corrected chi connectivity index (χ2v) is 5.37. The van der Waals surface area contributed by atoms with E-state index in [1.165, 1.54) is 0 Å². The minimum atomic E-state index is -0.686. The third-order valence-electron chi connectivity index (χ3n) is 3.69. The Morgan fingerprint density at radius 2 is 1.95 bits per heavy atom.